The lowest BCUT2D eigenvalue weighted by atomic mass is 10.1. The summed E-state index contributed by atoms with van der Waals surface area (Å²) in [5, 5.41) is 7.09. The highest BCUT2D eigenvalue weighted by atomic mass is 16.2. The first kappa shape index (κ1) is 11.1. The number of nitrogens with one attached hydrogen (secondary N) is 1. The minimum Gasteiger partial charge on any atom is -0.351 e. The molecule has 1 aromatic rings. The summed E-state index contributed by atoms with van der Waals surface area (Å²) in [6.07, 6.45) is 5.46. The molecule has 3 N–H and O–H groups in total. The molecule has 1 aliphatic carbocycles. The number of carbonyl (C=O) groups excluding carboxylic acids is 1. The monoisotopic (exact) mass is 222 g/mol. The number of rotatable bonds is 5. The molecule has 5 nitrogen and oxygen atoms in total. The van der Waals surface area contributed by atoms with Gasteiger partial charge >= 0.3 is 0 Å². The topological polar surface area (TPSA) is 72.9 Å². The summed E-state index contributed by atoms with van der Waals surface area (Å²) < 4.78 is 1.81. The largest absolute Gasteiger partial charge is 0.351 e. The summed E-state index contributed by atoms with van der Waals surface area (Å²) in [6, 6.07) is 1.95. The standard InChI is InChI=1S/C11H18N4O/c1-9(7-15-6-2-5-13-15)14-10(16)11(8-12)3-4-11/h2,5-6,9H,3-4,7-8,12H2,1H3,(H,14,16). The maximum absolute atomic E-state index is 11.9. The fraction of sp³-hybridized carbons (Fsp3) is 0.636. The van der Waals surface area contributed by atoms with Crippen molar-refractivity contribution in [2.24, 2.45) is 11.1 Å². The number of carbonyl (C=O) groups is 1. The SMILES string of the molecule is CC(Cn1cccn1)NC(=O)C1(CN)CC1. The van der Waals surface area contributed by atoms with Crippen LogP contribution in [0.5, 0.6) is 0 Å². The lowest BCUT2D eigenvalue weighted by Gasteiger charge is -2.18. The van der Waals surface area contributed by atoms with E-state index >= 15 is 0 Å². The molecular formula is C11H18N4O. The minimum atomic E-state index is -0.265. The molecule has 1 fully saturated rings. The highest BCUT2D eigenvalue weighted by Crippen LogP contribution is 2.44. The highest BCUT2D eigenvalue weighted by Gasteiger charge is 2.48. The van der Waals surface area contributed by atoms with Gasteiger partial charge in [-0.25, -0.2) is 0 Å². The van der Waals surface area contributed by atoms with E-state index in [1.54, 1.807) is 6.20 Å². The Morgan fingerprint density at radius 3 is 2.94 bits per heavy atom. The van der Waals surface area contributed by atoms with Gasteiger partial charge in [-0.3, -0.25) is 9.48 Å². The van der Waals surface area contributed by atoms with Crippen molar-refractivity contribution in [2.75, 3.05) is 6.54 Å². The first-order valence-electron chi connectivity index (χ1n) is 5.65. The van der Waals surface area contributed by atoms with Crippen molar-refractivity contribution >= 4 is 5.91 Å². The Hall–Kier alpha value is -1.36. The van der Waals surface area contributed by atoms with Gasteiger partial charge in [-0.05, 0) is 25.8 Å². The second kappa shape index (κ2) is 4.25. The average Bonchev–Trinajstić information content (AvgIpc) is 2.91. The van der Waals surface area contributed by atoms with Crippen molar-refractivity contribution in [2.45, 2.75) is 32.4 Å². The number of amides is 1. The number of nitrogens with zero attached hydrogens (tertiary/aromatic N) is 2. The first-order valence-corrected chi connectivity index (χ1v) is 5.65. The van der Waals surface area contributed by atoms with Gasteiger partial charge in [-0.15, -0.1) is 0 Å². The zero-order valence-electron chi connectivity index (χ0n) is 9.52. The van der Waals surface area contributed by atoms with E-state index in [0.29, 0.717) is 13.1 Å². The van der Waals surface area contributed by atoms with Crippen LogP contribution < -0.4 is 11.1 Å². The van der Waals surface area contributed by atoms with Gasteiger partial charge in [0, 0.05) is 25.0 Å². The van der Waals surface area contributed by atoms with Gasteiger partial charge in [0.25, 0.3) is 0 Å². The van der Waals surface area contributed by atoms with Gasteiger partial charge in [-0.1, -0.05) is 0 Å². The summed E-state index contributed by atoms with van der Waals surface area (Å²) >= 11 is 0. The predicted molar refractivity (Wildman–Crippen MR) is 60.6 cm³/mol. The van der Waals surface area contributed by atoms with Gasteiger partial charge < -0.3 is 11.1 Å². The Morgan fingerprint density at radius 2 is 2.44 bits per heavy atom. The molecule has 1 aromatic heterocycles. The van der Waals surface area contributed by atoms with Gasteiger partial charge in [0.1, 0.15) is 0 Å². The van der Waals surface area contributed by atoms with Crippen LogP contribution in [0, 0.1) is 5.41 Å². The van der Waals surface area contributed by atoms with E-state index in [1.165, 1.54) is 0 Å². The number of aromatic nitrogens is 2. The maximum atomic E-state index is 11.9. The van der Waals surface area contributed by atoms with E-state index in [1.807, 2.05) is 23.9 Å². The number of hydrogen-bond acceptors (Lipinski definition) is 3. The molecule has 1 unspecified atom stereocenters. The molecule has 5 heteroatoms. The van der Waals surface area contributed by atoms with Crippen LogP contribution in [0.2, 0.25) is 0 Å². The van der Waals surface area contributed by atoms with E-state index < -0.39 is 0 Å². The third-order valence-corrected chi connectivity index (χ3v) is 3.12. The number of hydrogen-bond donors (Lipinski definition) is 2. The second-order valence-corrected chi connectivity index (χ2v) is 4.59. The molecule has 0 aliphatic heterocycles. The quantitative estimate of drug-likeness (QED) is 0.743. The highest BCUT2D eigenvalue weighted by molar-refractivity contribution is 5.85. The Labute approximate surface area is 95.0 Å². The van der Waals surface area contributed by atoms with Crippen LogP contribution in [0.3, 0.4) is 0 Å². The zero-order chi connectivity index (χ0) is 11.6. The Kier molecular flexibility index (Phi) is 2.96. The van der Waals surface area contributed by atoms with Crippen LogP contribution in [0.4, 0.5) is 0 Å². The fourth-order valence-electron chi connectivity index (χ4n) is 1.79. The van der Waals surface area contributed by atoms with E-state index in [0.717, 1.165) is 12.8 Å². The molecular weight excluding hydrogens is 204 g/mol. The lowest BCUT2D eigenvalue weighted by Crippen LogP contribution is -2.42. The second-order valence-electron chi connectivity index (χ2n) is 4.59. The summed E-state index contributed by atoms with van der Waals surface area (Å²) in [5.74, 6) is 0.0923. The minimum absolute atomic E-state index is 0.0800. The molecule has 88 valence electrons. The van der Waals surface area contributed by atoms with E-state index in [2.05, 4.69) is 10.4 Å². The molecule has 1 amide bonds. The maximum Gasteiger partial charge on any atom is 0.227 e. The number of nitrogens with two attached hydrogens (primary N) is 1. The van der Waals surface area contributed by atoms with Gasteiger partial charge in [-0.2, -0.15) is 5.10 Å². The van der Waals surface area contributed by atoms with Crippen LogP contribution in [-0.4, -0.2) is 28.3 Å². The molecule has 0 bridgehead atoms. The molecule has 1 saturated carbocycles. The van der Waals surface area contributed by atoms with Crippen molar-refractivity contribution in [3.63, 3.8) is 0 Å². The first-order chi connectivity index (χ1) is 7.66. The molecule has 0 aromatic carbocycles. The fourth-order valence-corrected chi connectivity index (χ4v) is 1.79. The van der Waals surface area contributed by atoms with E-state index in [4.69, 9.17) is 5.73 Å². The van der Waals surface area contributed by atoms with Crippen LogP contribution in [0.15, 0.2) is 18.5 Å². The molecule has 16 heavy (non-hydrogen) atoms. The van der Waals surface area contributed by atoms with E-state index in [-0.39, 0.29) is 17.4 Å². The Bertz CT molecular complexity index is 356. The third-order valence-electron chi connectivity index (χ3n) is 3.12. The van der Waals surface area contributed by atoms with E-state index in [9.17, 15) is 4.79 Å². The molecule has 0 spiro atoms. The van der Waals surface area contributed by atoms with Crippen LogP contribution in [0.25, 0.3) is 0 Å². The molecule has 1 aliphatic rings. The van der Waals surface area contributed by atoms with Crippen molar-refractivity contribution in [1.82, 2.24) is 15.1 Å². The summed E-state index contributed by atoms with van der Waals surface area (Å²) in [6.45, 7) is 3.12. The smallest absolute Gasteiger partial charge is 0.227 e. The van der Waals surface area contributed by atoms with Crippen molar-refractivity contribution < 1.29 is 4.79 Å². The Morgan fingerprint density at radius 1 is 1.69 bits per heavy atom. The molecule has 1 atom stereocenters. The van der Waals surface area contributed by atoms with Crippen molar-refractivity contribution in [3.05, 3.63) is 18.5 Å². The summed E-state index contributed by atoms with van der Waals surface area (Å²) in [4.78, 5) is 11.9. The van der Waals surface area contributed by atoms with Gasteiger partial charge in [0.2, 0.25) is 5.91 Å². The third kappa shape index (κ3) is 2.24. The average molecular weight is 222 g/mol. The molecule has 2 rings (SSSR count). The predicted octanol–water partition coefficient (Wildman–Crippen LogP) is 0.127. The van der Waals surface area contributed by atoms with Crippen molar-refractivity contribution in [1.29, 1.82) is 0 Å². The van der Waals surface area contributed by atoms with Crippen LogP contribution >= 0.6 is 0 Å². The lowest BCUT2D eigenvalue weighted by molar-refractivity contribution is -0.126. The molecule has 0 radical (unpaired) electrons. The van der Waals surface area contributed by atoms with Crippen molar-refractivity contribution in [3.8, 4) is 0 Å². The van der Waals surface area contributed by atoms with Gasteiger partial charge in [0.15, 0.2) is 0 Å². The molecule has 1 heterocycles. The molecule has 0 saturated heterocycles. The van der Waals surface area contributed by atoms with Crippen LogP contribution in [0.1, 0.15) is 19.8 Å². The normalized spacial score (nSPS) is 19.1. The summed E-state index contributed by atoms with van der Waals surface area (Å²) in [7, 11) is 0. The summed E-state index contributed by atoms with van der Waals surface area (Å²) in [5.41, 5.74) is 5.34. The van der Waals surface area contributed by atoms with Gasteiger partial charge in [0.05, 0.1) is 12.0 Å². The Balaban J connectivity index is 1.83. The zero-order valence-corrected chi connectivity index (χ0v) is 9.52. The van der Waals surface area contributed by atoms with Crippen LogP contribution in [-0.2, 0) is 11.3 Å².